The van der Waals surface area contributed by atoms with E-state index in [1.807, 2.05) is 13.1 Å². The van der Waals surface area contributed by atoms with Gasteiger partial charge < -0.3 is 14.8 Å². The zero-order chi connectivity index (χ0) is 12.3. The average molecular weight is 235 g/mol. The van der Waals surface area contributed by atoms with E-state index < -0.39 is 0 Å². The molecule has 0 amide bonds. The minimum absolute atomic E-state index is 0.512. The molecule has 2 unspecified atom stereocenters. The van der Waals surface area contributed by atoms with Crippen molar-refractivity contribution in [1.82, 2.24) is 5.32 Å². The van der Waals surface area contributed by atoms with E-state index in [4.69, 9.17) is 9.47 Å². The third kappa shape index (κ3) is 2.72. The lowest BCUT2D eigenvalue weighted by molar-refractivity contribution is 0.171. The van der Waals surface area contributed by atoms with Gasteiger partial charge in [-0.1, -0.05) is 19.9 Å². The normalized spacial score (nSPS) is 17.6. The molecule has 3 heteroatoms. The highest BCUT2D eigenvalue weighted by Crippen LogP contribution is 2.34. The quantitative estimate of drug-likeness (QED) is 0.869. The highest BCUT2D eigenvalue weighted by Gasteiger charge is 2.17. The molecule has 2 atom stereocenters. The fourth-order valence-corrected chi connectivity index (χ4v) is 2.17. The Balaban J connectivity index is 2.15. The summed E-state index contributed by atoms with van der Waals surface area (Å²) in [6, 6.07) is 6.28. The van der Waals surface area contributed by atoms with Crippen LogP contribution in [-0.4, -0.2) is 26.8 Å². The molecule has 94 valence electrons. The first-order chi connectivity index (χ1) is 8.22. The van der Waals surface area contributed by atoms with Gasteiger partial charge in [0.25, 0.3) is 0 Å². The Morgan fingerprint density at radius 2 is 1.88 bits per heavy atom. The molecule has 1 aromatic carbocycles. The topological polar surface area (TPSA) is 30.5 Å². The second-order valence-electron chi connectivity index (χ2n) is 4.73. The predicted octanol–water partition coefficient (Wildman–Crippen LogP) is 2.42. The van der Waals surface area contributed by atoms with Crippen molar-refractivity contribution in [3.63, 3.8) is 0 Å². The van der Waals surface area contributed by atoms with Gasteiger partial charge in [-0.3, -0.25) is 0 Å². The standard InChI is InChI=1S/C14H21NO2/c1-10(9-15-3)11(2)12-4-5-13-14(8-12)17-7-6-16-13/h4-5,8,10-11,15H,6-7,9H2,1-3H3. The number of benzene rings is 1. The van der Waals surface area contributed by atoms with Gasteiger partial charge in [0.1, 0.15) is 13.2 Å². The molecule has 0 spiro atoms. The van der Waals surface area contributed by atoms with E-state index in [-0.39, 0.29) is 0 Å². The molecule has 0 saturated heterocycles. The molecule has 1 aliphatic rings. The maximum Gasteiger partial charge on any atom is 0.161 e. The van der Waals surface area contributed by atoms with Gasteiger partial charge in [0.05, 0.1) is 0 Å². The minimum atomic E-state index is 0.512. The van der Waals surface area contributed by atoms with Crippen LogP contribution in [-0.2, 0) is 0 Å². The van der Waals surface area contributed by atoms with Crippen molar-refractivity contribution in [1.29, 1.82) is 0 Å². The van der Waals surface area contributed by atoms with Gasteiger partial charge in [0.15, 0.2) is 11.5 Å². The van der Waals surface area contributed by atoms with Gasteiger partial charge in [-0.25, -0.2) is 0 Å². The van der Waals surface area contributed by atoms with Crippen LogP contribution in [0.4, 0.5) is 0 Å². The first kappa shape index (κ1) is 12.2. The number of hydrogen-bond acceptors (Lipinski definition) is 3. The number of ether oxygens (including phenoxy) is 2. The molecular weight excluding hydrogens is 214 g/mol. The van der Waals surface area contributed by atoms with Crippen LogP contribution in [0.2, 0.25) is 0 Å². The molecule has 1 aromatic rings. The van der Waals surface area contributed by atoms with E-state index in [0.29, 0.717) is 25.0 Å². The summed E-state index contributed by atoms with van der Waals surface area (Å²) in [5, 5.41) is 3.22. The van der Waals surface area contributed by atoms with Crippen LogP contribution in [0.1, 0.15) is 25.3 Å². The third-order valence-electron chi connectivity index (χ3n) is 3.47. The number of hydrogen-bond donors (Lipinski definition) is 1. The molecule has 2 rings (SSSR count). The van der Waals surface area contributed by atoms with Crippen LogP contribution in [0.3, 0.4) is 0 Å². The third-order valence-corrected chi connectivity index (χ3v) is 3.47. The zero-order valence-electron chi connectivity index (χ0n) is 10.8. The molecule has 0 fully saturated rings. The largest absolute Gasteiger partial charge is 0.486 e. The summed E-state index contributed by atoms with van der Waals surface area (Å²) in [6.45, 7) is 6.84. The fourth-order valence-electron chi connectivity index (χ4n) is 2.17. The van der Waals surface area contributed by atoms with Gasteiger partial charge in [0, 0.05) is 0 Å². The van der Waals surface area contributed by atoms with Crippen molar-refractivity contribution < 1.29 is 9.47 Å². The molecule has 0 aromatic heterocycles. The van der Waals surface area contributed by atoms with E-state index >= 15 is 0 Å². The lowest BCUT2D eigenvalue weighted by Crippen LogP contribution is -2.21. The number of fused-ring (bicyclic) bond motifs is 1. The minimum Gasteiger partial charge on any atom is -0.486 e. The van der Waals surface area contributed by atoms with Crippen LogP contribution in [0.25, 0.3) is 0 Å². The second kappa shape index (κ2) is 5.41. The number of nitrogens with one attached hydrogen (secondary N) is 1. The molecule has 1 heterocycles. The maximum absolute atomic E-state index is 5.61. The molecule has 3 nitrogen and oxygen atoms in total. The van der Waals surface area contributed by atoms with E-state index in [0.717, 1.165) is 18.0 Å². The predicted molar refractivity (Wildman–Crippen MR) is 68.9 cm³/mol. The Kier molecular flexibility index (Phi) is 3.89. The van der Waals surface area contributed by atoms with Gasteiger partial charge in [-0.2, -0.15) is 0 Å². The summed E-state index contributed by atoms with van der Waals surface area (Å²) in [4.78, 5) is 0. The summed E-state index contributed by atoms with van der Waals surface area (Å²) in [5.41, 5.74) is 1.32. The zero-order valence-corrected chi connectivity index (χ0v) is 10.8. The summed E-state index contributed by atoms with van der Waals surface area (Å²) < 4.78 is 11.1. The lowest BCUT2D eigenvalue weighted by atomic mass is 9.88. The van der Waals surface area contributed by atoms with Crippen LogP contribution >= 0.6 is 0 Å². The first-order valence-corrected chi connectivity index (χ1v) is 6.26. The summed E-state index contributed by atoms with van der Waals surface area (Å²) in [6.07, 6.45) is 0. The first-order valence-electron chi connectivity index (χ1n) is 6.26. The van der Waals surface area contributed by atoms with Crippen molar-refractivity contribution >= 4 is 0 Å². The fraction of sp³-hybridized carbons (Fsp3) is 0.571. The summed E-state index contributed by atoms with van der Waals surface area (Å²) in [7, 11) is 1.99. The Labute approximate surface area is 103 Å². The van der Waals surface area contributed by atoms with E-state index in [1.165, 1.54) is 5.56 Å². The monoisotopic (exact) mass is 235 g/mol. The molecule has 0 radical (unpaired) electrons. The van der Waals surface area contributed by atoms with Crippen molar-refractivity contribution in [2.45, 2.75) is 19.8 Å². The van der Waals surface area contributed by atoms with Gasteiger partial charge in [-0.15, -0.1) is 0 Å². The van der Waals surface area contributed by atoms with Gasteiger partial charge in [-0.05, 0) is 43.1 Å². The van der Waals surface area contributed by atoms with Gasteiger partial charge >= 0.3 is 0 Å². The van der Waals surface area contributed by atoms with Gasteiger partial charge in [0.2, 0.25) is 0 Å². The highest BCUT2D eigenvalue weighted by atomic mass is 16.6. The Morgan fingerprint density at radius 1 is 1.18 bits per heavy atom. The van der Waals surface area contributed by atoms with Crippen LogP contribution < -0.4 is 14.8 Å². The second-order valence-corrected chi connectivity index (χ2v) is 4.73. The molecule has 0 bridgehead atoms. The Morgan fingerprint density at radius 3 is 2.59 bits per heavy atom. The van der Waals surface area contributed by atoms with Crippen molar-refractivity contribution in [2.24, 2.45) is 5.92 Å². The lowest BCUT2D eigenvalue weighted by Gasteiger charge is -2.23. The molecule has 17 heavy (non-hydrogen) atoms. The molecule has 1 aliphatic heterocycles. The maximum atomic E-state index is 5.61. The molecule has 0 aliphatic carbocycles. The van der Waals surface area contributed by atoms with E-state index in [1.54, 1.807) is 0 Å². The van der Waals surface area contributed by atoms with E-state index in [9.17, 15) is 0 Å². The molecule has 0 saturated carbocycles. The van der Waals surface area contributed by atoms with Crippen molar-refractivity contribution in [2.75, 3.05) is 26.8 Å². The van der Waals surface area contributed by atoms with Crippen molar-refractivity contribution in [3.05, 3.63) is 23.8 Å². The average Bonchev–Trinajstić information content (AvgIpc) is 2.37. The molecule has 1 N–H and O–H groups in total. The SMILES string of the molecule is CNCC(C)C(C)c1ccc2c(c1)OCCO2. The van der Waals surface area contributed by atoms with Crippen LogP contribution in [0.5, 0.6) is 11.5 Å². The Bertz CT molecular complexity index is 378. The van der Waals surface area contributed by atoms with Crippen LogP contribution in [0, 0.1) is 5.92 Å². The van der Waals surface area contributed by atoms with Crippen LogP contribution in [0.15, 0.2) is 18.2 Å². The Hall–Kier alpha value is -1.22. The summed E-state index contributed by atoms with van der Waals surface area (Å²) >= 11 is 0. The molecular formula is C14H21NO2. The smallest absolute Gasteiger partial charge is 0.161 e. The highest BCUT2D eigenvalue weighted by molar-refractivity contribution is 5.44. The van der Waals surface area contributed by atoms with Crippen molar-refractivity contribution in [3.8, 4) is 11.5 Å². The number of rotatable bonds is 4. The van der Waals surface area contributed by atoms with E-state index in [2.05, 4.69) is 31.3 Å². The summed E-state index contributed by atoms with van der Waals surface area (Å²) in [5.74, 6) is 2.87.